The van der Waals surface area contributed by atoms with Crippen molar-refractivity contribution in [1.29, 1.82) is 0 Å². The molecule has 0 unspecified atom stereocenters. The van der Waals surface area contributed by atoms with E-state index in [9.17, 15) is 0 Å². The number of hydrogen-bond donors (Lipinski definition) is 0. The summed E-state index contributed by atoms with van der Waals surface area (Å²) in [7, 11) is 0. The molecule has 3 nitrogen and oxygen atoms in total. The minimum Gasteiger partial charge on any atom is -0.502 e. The fraction of sp³-hybridized carbons (Fsp3) is 0.846. The van der Waals surface area contributed by atoms with Crippen LogP contribution in [0.1, 0.15) is 39.0 Å². The molecule has 0 aromatic rings. The highest BCUT2D eigenvalue weighted by Gasteiger charge is 2.37. The Hall–Kier alpha value is -0.540. The normalized spacial score (nSPS) is 17.8. The summed E-state index contributed by atoms with van der Waals surface area (Å²) in [6.45, 7) is 8.87. The molecule has 0 atom stereocenters. The molecule has 0 N–H and O–H groups in total. The first-order valence-electron chi connectivity index (χ1n) is 6.27. The van der Waals surface area contributed by atoms with Crippen molar-refractivity contribution in [3.63, 3.8) is 0 Å². The van der Waals surface area contributed by atoms with Gasteiger partial charge in [0, 0.05) is 6.61 Å². The Morgan fingerprint density at radius 2 is 1.88 bits per heavy atom. The third-order valence-corrected chi connectivity index (χ3v) is 3.06. The minimum absolute atomic E-state index is 0.0476. The van der Waals surface area contributed by atoms with E-state index in [-0.39, 0.29) is 5.60 Å². The van der Waals surface area contributed by atoms with Gasteiger partial charge in [-0.3, -0.25) is 0 Å². The highest BCUT2D eigenvalue weighted by Crippen LogP contribution is 2.25. The Labute approximate surface area is 98.8 Å². The summed E-state index contributed by atoms with van der Waals surface area (Å²) >= 11 is 0. The van der Waals surface area contributed by atoms with E-state index in [1.807, 2.05) is 0 Å². The van der Waals surface area contributed by atoms with Gasteiger partial charge in [-0.1, -0.05) is 19.9 Å². The van der Waals surface area contributed by atoms with Crippen LogP contribution in [-0.2, 0) is 14.2 Å². The van der Waals surface area contributed by atoms with Crippen LogP contribution in [-0.4, -0.2) is 32.0 Å². The van der Waals surface area contributed by atoms with Gasteiger partial charge in [0.15, 0.2) is 0 Å². The molecule has 3 heteroatoms. The molecule has 16 heavy (non-hydrogen) atoms. The standard InChI is InChI=1S/C13H24O3/c1-3-13(11-15-12-13)16-10-8-6-5-7-9-14-4-2/h4H,2-3,5-12H2,1H3. The van der Waals surface area contributed by atoms with Gasteiger partial charge < -0.3 is 14.2 Å². The quantitative estimate of drug-likeness (QED) is 0.425. The van der Waals surface area contributed by atoms with Crippen molar-refractivity contribution in [2.24, 2.45) is 0 Å². The highest BCUT2D eigenvalue weighted by molar-refractivity contribution is 4.85. The fourth-order valence-corrected chi connectivity index (χ4v) is 1.73. The second-order valence-corrected chi connectivity index (χ2v) is 4.33. The van der Waals surface area contributed by atoms with Gasteiger partial charge >= 0.3 is 0 Å². The van der Waals surface area contributed by atoms with Gasteiger partial charge in [0.1, 0.15) is 5.60 Å². The molecule has 0 spiro atoms. The van der Waals surface area contributed by atoms with Crippen molar-refractivity contribution in [2.45, 2.75) is 44.6 Å². The van der Waals surface area contributed by atoms with Crippen molar-refractivity contribution in [3.8, 4) is 0 Å². The van der Waals surface area contributed by atoms with Gasteiger partial charge in [-0.25, -0.2) is 0 Å². The molecule has 0 aliphatic carbocycles. The summed E-state index contributed by atoms with van der Waals surface area (Å²) in [6.07, 6.45) is 7.21. The van der Waals surface area contributed by atoms with E-state index in [0.29, 0.717) is 0 Å². The maximum atomic E-state index is 5.87. The van der Waals surface area contributed by atoms with Gasteiger partial charge in [-0.15, -0.1) is 0 Å². The fourth-order valence-electron chi connectivity index (χ4n) is 1.73. The van der Waals surface area contributed by atoms with Crippen LogP contribution in [0.15, 0.2) is 12.8 Å². The first-order valence-corrected chi connectivity index (χ1v) is 6.27. The molecule has 0 radical (unpaired) electrons. The first kappa shape index (κ1) is 13.5. The lowest BCUT2D eigenvalue weighted by molar-refractivity contribution is -0.211. The summed E-state index contributed by atoms with van der Waals surface area (Å²) in [6, 6.07) is 0. The van der Waals surface area contributed by atoms with E-state index in [4.69, 9.17) is 14.2 Å². The molecular formula is C13H24O3. The summed E-state index contributed by atoms with van der Waals surface area (Å²) in [5.41, 5.74) is 0.0476. The molecule has 94 valence electrons. The summed E-state index contributed by atoms with van der Waals surface area (Å²) in [5.74, 6) is 0. The number of hydrogen-bond acceptors (Lipinski definition) is 3. The second-order valence-electron chi connectivity index (χ2n) is 4.33. The van der Waals surface area contributed by atoms with E-state index in [1.165, 1.54) is 19.1 Å². The smallest absolute Gasteiger partial charge is 0.114 e. The molecule has 1 aliphatic rings. The van der Waals surface area contributed by atoms with Gasteiger partial charge in [0.2, 0.25) is 0 Å². The molecule has 0 amide bonds. The van der Waals surface area contributed by atoms with Crippen molar-refractivity contribution in [1.82, 2.24) is 0 Å². The second kappa shape index (κ2) is 7.69. The Bertz CT molecular complexity index is 182. The molecule has 1 rings (SSSR count). The first-order chi connectivity index (χ1) is 7.83. The van der Waals surface area contributed by atoms with E-state index in [1.54, 1.807) is 0 Å². The van der Waals surface area contributed by atoms with Crippen LogP contribution < -0.4 is 0 Å². The van der Waals surface area contributed by atoms with E-state index in [0.717, 1.165) is 45.7 Å². The predicted molar refractivity (Wildman–Crippen MR) is 64.4 cm³/mol. The number of unbranched alkanes of at least 4 members (excludes halogenated alkanes) is 3. The lowest BCUT2D eigenvalue weighted by atomic mass is 9.99. The van der Waals surface area contributed by atoms with Gasteiger partial charge in [0.05, 0.1) is 26.1 Å². The number of rotatable bonds is 10. The van der Waals surface area contributed by atoms with Crippen LogP contribution in [0.25, 0.3) is 0 Å². The molecule has 0 aromatic heterocycles. The maximum absolute atomic E-state index is 5.87. The van der Waals surface area contributed by atoms with Crippen molar-refractivity contribution >= 4 is 0 Å². The molecule has 1 fully saturated rings. The summed E-state index contributed by atoms with van der Waals surface area (Å²) in [5, 5.41) is 0. The van der Waals surface area contributed by atoms with Crippen LogP contribution >= 0.6 is 0 Å². The van der Waals surface area contributed by atoms with Crippen LogP contribution in [0.5, 0.6) is 0 Å². The lowest BCUT2D eigenvalue weighted by Gasteiger charge is -2.40. The Morgan fingerprint density at radius 1 is 1.19 bits per heavy atom. The average Bonchev–Trinajstić information content (AvgIpc) is 2.25. The van der Waals surface area contributed by atoms with Gasteiger partial charge in [-0.05, 0) is 25.7 Å². The number of ether oxygens (including phenoxy) is 3. The molecular weight excluding hydrogens is 204 g/mol. The maximum Gasteiger partial charge on any atom is 0.114 e. The predicted octanol–water partition coefficient (Wildman–Crippen LogP) is 2.90. The van der Waals surface area contributed by atoms with Gasteiger partial charge in [0.25, 0.3) is 0 Å². The lowest BCUT2D eigenvalue weighted by Crippen LogP contribution is -2.51. The Balaban J connectivity index is 1.86. The van der Waals surface area contributed by atoms with Crippen LogP contribution in [0.4, 0.5) is 0 Å². The minimum atomic E-state index is 0.0476. The third kappa shape index (κ3) is 4.54. The molecule has 0 saturated carbocycles. The zero-order valence-corrected chi connectivity index (χ0v) is 10.4. The molecule has 1 heterocycles. The molecule has 0 aromatic carbocycles. The van der Waals surface area contributed by atoms with Crippen LogP contribution in [0.3, 0.4) is 0 Å². The largest absolute Gasteiger partial charge is 0.502 e. The summed E-state index contributed by atoms with van der Waals surface area (Å²) < 4.78 is 16.1. The van der Waals surface area contributed by atoms with Crippen LogP contribution in [0, 0.1) is 0 Å². The third-order valence-electron chi connectivity index (χ3n) is 3.06. The van der Waals surface area contributed by atoms with Crippen molar-refractivity contribution in [2.75, 3.05) is 26.4 Å². The summed E-state index contributed by atoms with van der Waals surface area (Å²) in [4.78, 5) is 0. The van der Waals surface area contributed by atoms with Crippen molar-refractivity contribution in [3.05, 3.63) is 12.8 Å². The highest BCUT2D eigenvalue weighted by atomic mass is 16.6. The zero-order chi connectivity index (χ0) is 11.7. The van der Waals surface area contributed by atoms with E-state index >= 15 is 0 Å². The SMILES string of the molecule is C=COCCCCCCOC1(CC)COC1. The van der Waals surface area contributed by atoms with E-state index < -0.39 is 0 Å². The Morgan fingerprint density at radius 3 is 2.38 bits per heavy atom. The van der Waals surface area contributed by atoms with Crippen molar-refractivity contribution < 1.29 is 14.2 Å². The average molecular weight is 228 g/mol. The Kier molecular flexibility index (Phi) is 6.50. The zero-order valence-electron chi connectivity index (χ0n) is 10.4. The van der Waals surface area contributed by atoms with Crippen LogP contribution in [0.2, 0.25) is 0 Å². The van der Waals surface area contributed by atoms with E-state index in [2.05, 4.69) is 13.5 Å². The monoisotopic (exact) mass is 228 g/mol. The molecule has 1 aliphatic heterocycles. The topological polar surface area (TPSA) is 27.7 Å². The molecule has 1 saturated heterocycles. The molecule has 0 bridgehead atoms. The van der Waals surface area contributed by atoms with Gasteiger partial charge in [-0.2, -0.15) is 0 Å².